The van der Waals surface area contributed by atoms with Gasteiger partial charge in [-0.15, -0.1) is 0 Å². The van der Waals surface area contributed by atoms with E-state index in [0.29, 0.717) is 21.4 Å². The summed E-state index contributed by atoms with van der Waals surface area (Å²) in [6.45, 7) is 1.89. The van der Waals surface area contributed by atoms with Gasteiger partial charge in [-0.2, -0.15) is 5.26 Å². The van der Waals surface area contributed by atoms with Crippen LogP contribution in [0.5, 0.6) is 0 Å². The standard InChI is InChI=1S/C17H17ClN4S/c1-23-17-20-15(12-5-7-13(18)8-6-12)14(11-19)16(21-17)22-9-3-2-4-10-22/h5-8H,2-4,9-10H2,1H3. The van der Waals surface area contributed by atoms with Gasteiger partial charge in [0.15, 0.2) is 11.0 Å². The third-order valence-corrected chi connectivity index (χ3v) is 4.74. The SMILES string of the molecule is CSc1nc(-c2ccc(Cl)cc2)c(C#N)c(N2CCCCC2)n1. The quantitative estimate of drug-likeness (QED) is 0.611. The summed E-state index contributed by atoms with van der Waals surface area (Å²) in [6.07, 6.45) is 5.47. The minimum atomic E-state index is 0.548. The zero-order chi connectivity index (χ0) is 16.2. The molecular formula is C17H17ClN4S. The van der Waals surface area contributed by atoms with Crippen molar-refractivity contribution in [2.45, 2.75) is 24.4 Å². The molecule has 0 unspecified atom stereocenters. The molecular weight excluding hydrogens is 328 g/mol. The fraction of sp³-hybridized carbons (Fsp3) is 0.353. The molecule has 2 heterocycles. The number of hydrogen-bond donors (Lipinski definition) is 0. The van der Waals surface area contributed by atoms with E-state index in [-0.39, 0.29) is 0 Å². The van der Waals surface area contributed by atoms with Gasteiger partial charge in [0.05, 0.1) is 5.69 Å². The molecule has 0 radical (unpaired) electrons. The molecule has 0 N–H and O–H groups in total. The first-order valence-corrected chi connectivity index (χ1v) is 9.20. The molecule has 0 spiro atoms. The maximum atomic E-state index is 9.72. The molecule has 0 aliphatic carbocycles. The van der Waals surface area contributed by atoms with Crippen LogP contribution < -0.4 is 4.90 Å². The highest BCUT2D eigenvalue weighted by Crippen LogP contribution is 2.32. The van der Waals surface area contributed by atoms with E-state index in [9.17, 15) is 5.26 Å². The van der Waals surface area contributed by atoms with E-state index in [1.54, 1.807) is 0 Å². The molecule has 0 bridgehead atoms. The second kappa shape index (κ2) is 7.20. The molecule has 0 atom stereocenters. The zero-order valence-corrected chi connectivity index (χ0v) is 14.5. The van der Waals surface area contributed by atoms with Gasteiger partial charge in [0.1, 0.15) is 11.6 Å². The van der Waals surface area contributed by atoms with Gasteiger partial charge < -0.3 is 4.90 Å². The fourth-order valence-electron chi connectivity index (χ4n) is 2.77. The summed E-state index contributed by atoms with van der Waals surface area (Å²) in [7, 11) is 0. The van der Waals surface area contributed by atoms with Gasteiger partial charge in [-0.3, -0.25) is 0 Å². The number of rotatable bonds is 3. The number of benzene rings is 1. The second-order valence-electron chi connectivity index (χ2n) is 5.42. The average molecular weight is 345 g/mol. The van der Waals surface area contributed by atoms with Crippen LogP contribution in [0.3, 0.4) is 0 Å². The van der Waals surface area contributed by atoms with Gasteiger partial charge in [0.25, 0.3) is 0 Å². The van der Waals surface area contributed by atoms with Crippen molar-refractivity contribution in [2.24, 2.45) is 0 Å². The first-order chi connectivity index (χ1) is 11.2. The van der Waals surface area contributed by atoms with Crippen molar-refractivity contribution in [1.29, 1.82) is 5.26 Å². The molecule has 1 aromatic carbocycles. The topological polar surface area (TPSA) is 52.8 Å². The van der Waals surface area contributed by atoms with Crippen LogP contribution in [0.25, 0.3) is 11.3 Å². The Bertz CT molecular complexity index is 733. The fourth-order valence-corrected chi connectivity index (χ4v) is 3.26. The largest absolute Gasteiger partial charge is 0.355 e. The van der Waals surface area contributed by atoms with Gasteiger partial charge in [0, 0.05) is 23.7 Å². The Kier molecular flexibility index (Phi) is 5.04. The number of halogens is 1. The molecule has 23 heavy (non-hydrogen) atoms. The van der Waals surface area contributed by atoms with Crippen LogP contribution in [0.4, 0.5) is 5.82 Å². The minimum absolute atomic E-state index is 0.548. The summed E-state index contributed by atoms with van der Waals surface area (Å²) in [6, 6.07) is 9.75. The molecule has 6 heteroatoms. The zero-order valence-electron chi connectivity index (χ0n) is 12.9. The maximum absolute atomic E-state index is 9.72. The van der Waals surface area contributed by atoms with E-state index >= 15 is 0 Å². The Morgan fingerprint density at radius 3 is 2.43 bits per heavy atom. The molecule has 1 aromatic heterocycles. The first kappa shape index (κ1) is 16.1. The number of hydrogen-bond acceptors (Lipinski definition) is 5. The Labute approximate surface area is 145 Å². The van der Waals surface area contributed by atoms with Crippen molar-refractivity contribution < 1.29 is 0 Å². The monoisotopic (exact) mass is 344 g/mol. The van der Waals surface area contributed by atoms with Crippen molar-refractivity contribution in [1.82, 2.24) is 9.97 Å². The predicted molar refractivity (Wildman–Crippen MR) is 95.0 cm³/mol. The van der Waals surface area contributed by atoms with Crippen molar-refractivity contribution in [3.05, 3.63) is 34.9 Å². The Hall–Kier alpha value is -1.77. The van der Waals surface area contributed by atoms with Crippen LogP contribution >= 0.6 is 23.4 Å². The van der Waals surface area contributed by atoms with Crippen LogP contribution in [-0.4, -0.2) is 29.3 Å². The lowest BCUT2D eigenvalue weighted by Crippen LogP contribution is -2.31. The van der Waals surface area contributed by atoms with Crippen molar-refractivity contribution in [2.75, 3.05) is 24.2 Å². The number of nitrogens with zero attached hydrogens (tertiary/aromatic N) is 4. The smallest absolute Gasteiger partial charge is 0.189 e. The lowest BCUT2D eigenvalue weighted by atomic mass is 10.1. The van der Waals surface area contributed by atoms with Crippen LogP contribution in [-0.2, 0) is 0 Å². The number of aromatic nitrogens is 2. The van der Waals surface area contributed by atoms with Crippen molar-refractivity contribution >= 4 is 29.2 Å². The van der Waals surface area contributed by atoms with E-state index in [4.69, 9.17) is 11.6 Å². The lowest BCUT2D eigenvalue weighted by Gasteiger charge is -2.29. The lowest BCUT2D eigenvalue weighted by molar-refractivity contribution is 0.571. The summed E-state index contributed by atoms with van der Waals surface area (Å²) < 4.78 is 0. The molecule has 0 amide bonds. The van der Waals surface area contributed by atoms with E-state index in [1.807, 2.05) is 30.5 Å². The highest BCUT2D eigenvalue weighted by atomic mass is 35.5. The predicted octanol–water partition coefficient (Wildman–Crippen LogP) is 4.38. The first-order valence-electron chi connectivity index (χ1n) is 7.60. The van der Waals surface area contributed by atoms with Gasteiger partial charge in [-0.1, -0.05) is 35.5 Å². The van der Waals surface area contributed by atoms with Crippen molar-refractivity contribution in [3.63, 3.8) is 0 Å². The summed E-state index contributed by atoms with van der Waals surface area (Å²) in [5.41, 5.74) is 2.12. The summed E-state index contributed by atoms with van der Waals surface area (Å²) in [4.78, 5) is 11.4. The molecule has 0 saturated carbocycles. The molecule has 1 saturated heterocycles. The van der Waals surface area contributed by atoms with E-state index in [1.165, 1.54) is 18.2 Å². The van der Waals surface area contributed by atoms with E-state index < -0.39 is 0 Å². The number of thioether (sulfide) groups is 1. The molecule has 1 fully saturated rings. The van der Waals surface area contributed by atoms with E-state index in [2.05, 4.69) is 20.9 Å². The second-order valence-corrected chi connectivity index (χ2v) is 6.63. The molecule has 3 rings (SSSR count). The van der Waals surface area contributed by atoms with Crippen molar-refractivity contribution in [3.8, 4) is 17.3 Å². The highest BCUT2D eigenvalue weighted by Gasteiger charge is 2.21. The molecule has 1 aliphatic rings. The summed E-state index contributed by atoms with van der Waals surface area (Å²) in [5.74, 6) is 0.761. The van der Waals surface area contributed by atoms with Crippen LogP contribution in [0.1, 0.15) is 24.8 Å². The van der Waals surface area contributed by atoms with Gasteiger partial charge in [-0.05, 0) is 37.7 Å². The number of piperidine rings is 1. The Morgan fingerprint density at radius 2 is 1.83 bits per heavy atom. The molecule has 118 valence electrons. The normalized spacial score (nSPS) is 14.6. The number of nitriles is 1. The Balaban J connectivity index is 2.14. The van der Waals surface area contributed by atoms with Crippen LogP contribution in [0, 0.1) is 11.3 Å². The van der Waals surface area contributed by atoms with E-state index in [0.717, 1.165) is 37.3 Å². The third-order valence-electron chi connectivity index (χ3n) is 3.94. The van der Waals surface area contributed by atoms with Gasteiger partial charge in [0.2, 0.25) is 0 Å². The Morgan fingerprint density at radius 1 is 1.13 bits per heavy atom. The van der Waals surface area contributed by atoms with Crippen LogP contribution in [0.15, 0.2) is 29.4 Å². The van der Waals surface area contributed by atoms with Gasteiger partial charge >= 0.3 is 0 Å². The average Bonchev–Trinajstić information content (AvgIpc) is 2.62. The molecule has 1 aliphatic heterocycles. The summed E-state index contributed by atoms with van der Waals surface area (Å²) >= 11 is 7.47. The molecule has 4 nitrogen and oxygen atoms in total. The maximum Gasteiger partial charge on any atom is 0.189 e. The van der Waals surface area contributed by atoms with Gasteiger partial charge in [-0.25, -0.2) is 9.97 Å². The third kappa shape index (κ3) is 3.44. The minimum Gasteiger partial charge on any atom is -0.355 e. The highest BCUT2D eigenvalue weighted by molar-refractivity contribution is 7.98. The number of anilines is 1. The summed E-state index contributed by atoms with van der Waals surface area (Å²) in [5, 5.41) is 11.1. The molecule has 2 aromatic rings. The van der Waals surface area contributed by atoms with Crippen LogP contribution in [0.2, 0.25) is 5.02 Å².